The van der Waals surface area contributed by atoms with Crippen molar-refractivity contribution < 1.29 is 19.1 Å². The lowest BCUT2D eigenvalue weighted by molar-refractivity contribution is -0.120. The Hall–Kier alpha value is -3.50. The lowest BCUT2D eigenvalue weighted by Crippen LogP contribution is -2.25. The molecule has 1 amide bonds. The van der Waals surface area contributed by atoms with Crippen LogP contribution >= 0.6 is 24.4 Å². The van der Waals surface area contributed by atoms with Gasteiger partial charge in [-0.1, -0.05) is 36.9 Å². The van der Waals surface area contributed by atoms with Crippen molar-refractivity contribution in [1.82, 2.24) is 20.3 Å². The van der Waals surface area contributed by atoms with E-state index in [0.717, 1.165) is 5.69 Å². The summed E-state index contributed by atoms with van der Waals surface area (Å²) in [6, 6.07) is 10.1. The molecule has 4 N–H and O–H groups in total. The first-order valence-electron chi connectivity index (χ1n) is 11.4. The van der Waals surface area contributed by atoms with E-state index in [1.54, 1.807) is 49.1 Å². The van der Waals surface area contributed by atoms with E-state index in [0.29, 0.717) is 57.4 Å². The number of thiol groups is 1. The fraction of sp³-hybridized carbons (Fsp3) is 0.222. The van der Waals surface area contributed by atoms with Crippen molar-refractivity contribution >= 4 is 52.7 Å². The lowest BCUT2D eigenvalue weighted by atomic mass is 9.97. The van der Waals surface area contributed by atoms with Crippen LogP contribution in [0.3, 0.4) is 0 Å². The van der Waals surface area contributed by atoms with E-state index < -0.39 is 5.97 Å². The van der Waals surface area contributed by atoms with Crippen LogP contribution < -0.4 is 5.32 Å². The number of H-pyrrole nitrogens is 2. The molecule has 0 aliphatic rings. The second-order valence-electron chi connectivity index (χ2n) is 8.10. The third-order valence-electron chi connectivity index (χ3n) is 5.72. The maximum absolute atomic E-state index is 14.7. The highest BCUT2D eigenvalue weighted by atomic mass is 32.2. The van der Waals surface area contributed by atoms with Crippen LogP contribution in [0.5, 0.6) is 0 Å². The van der Waals surface area contributed by atoms with Crippen molar-refractivity contribution in [3.8, 4) is 11.1 Å². The van der Waals surface area contributed by atoms with Crippen molar-refractivity contribution in [3.05, 3.63) is 83.8 Å². The Bertz CT molecular complexity index is 1400. The molecule has 37 heavy (non-hydrogen) atoms. The summed E-state index contributed by atoms with van der Waals surface area (Å²) >= 11 is 5.04. The number of carbonyl (C=O) groups excluding carboxylic acids is 1. The van der Waals surface area contributed by atoms with Crippen LogP contribution in [0.15, 0.2) is 55.5 Å². The first-order chi connectivity index (χ1) is 17.9. The largest absolute Gasteiger partial charge is 0.477 e. The van der Waals surface area contributed by atoms with Gasteiger partial charge in [0.2, 0.25) is 5.91 Å². The second-order valence-corrected chi connectivity index (χ2v) is 8.97. The predicted molar refractivity (Wildman–Crippen MR) is 152 cm³/mol. The third-order valence-corrected chi connectivity index (χ3v) is 6.32. The molecule has 0 atom stereocenters. The summed E-state index contributed by atoms with van der Waals surface area (Å²) < 4.78 is 14.7. The Morgan fingerprint density at radius 2 is 2.03 bits per heavy atom. The molecule has 0 spiro atoms. The number of rotatable bonds is 10. The molecule has 0 aliphatic heterocycles. The number of carboxylic acids is 1. The average Bonchev–Trinajstić information content (AvgIpc) is 3.54. The summed E-state index contributed by atoms with van der Waals surface area (Å²) in [7, 11) is 0. The number of amides is 1. The van der Waals surface area contributed by atoms with Gasteiger partial charge in [-0.25, -0.2) is 14.2 Å². The summed E-state index contributed by atoms with van der Waals surface area (Å²) in [4.78, 5) is 34.5. The summed E-state index contributed by atoms with van der Waals surface area (Å²) in [5.74, 6) is -1.20. The Balaban J connectivity index is 0.00000186. The highest BCUT2D eigenvalue weighted by molar-refractivity contribution is 7.97. The maximum Gasteiger partial charge on any atom is 0.352 e. The van der Waals surface area contributed by atoms with E-state index in [9.17, 15) is 19.1 Å². The first kappa shape index (κ1) is 28.1. The zero-order valence-electron chi connectivity index (χ0n) is 20.6. The van der Waals surface area contributed by atoms with Gasteiger partial charge in [0.25, 0.3) is 0 Å². The minimum atomic E-state index is -1.15. The van der Waals surface area contributed by atoms with Crippen molar-refractivity contribution in [3.63, 3.8) is 0 Å². The number of aromatic carboxylic acids is 1. The average molecular weight is 541 g/mol. The van der Waals surface area contributed by atoms with Crippen molar-refractivity contribution in [2.75, 3.05) is 19.1 Å². The molecule has 0 saturated heterocycles. The second kappa shape index (κ2) is 13.2. The highest BCUT2D eigenvalue weighted by Gasteiger charge is 2.22. The Morgan fingerprint density at radius 1 is 1.24 bits per heavy atom. The molecule has 0 aliphatic carbocycles. The van der Waals surface area contributed by atoms with Crippen molar-refractivity contribution in [1.29, 1.82) is 0 Å². The van der Waals surface area contributed by atoms with E-state index in [2.05, 4.69) is 39.5 Å². The van der Waals surface area contributed by atoms with Crippen LogP contribution in [-0.4, -0.2) is 51.0 Å². The topological polar surface area (TPSA) is 111 Å². The van der Waals surface area contributed by atoms with Gasteiger partial charge in [0.1, 0.15) is 11.5 Å². The molecule has 2 aromatic carbocycles. The van der Waals surface area contributed by atoms with Crippen LogP contribution in [0.1, 0.15) is 33.7 Å². The SMILES string of the molecule is C=C(CC(=O)NCCc1cnc[nH]1)c1cccc2c(-c3ccc(CSC)c(F)c3)c(C(=O)O)[nH]c12.CS. The number of hydrogen-bond donors (Lipinski definition) is 5. The van der Waals surface area contributed by atoms with Gasteiger partial charge >= 0.3 is 5.97 Å². The molecule has 0 bridgehead atoms. The van der Waals surface area contributed by atoms with Crippen molar-refractivity contribution in [2.24, 2.45) is 0 Å². The van der Waals surface area contributed by atoms with E-state index in [-0.39, 0.29) is 23.8 Å². The molecule has 0 radical (unpaired) electrons. The molecule has 4 aromatic rings. The number of imidazole rings is 1. The number of nitrogens with one attached hydrogen (secondary N) is 3. The van der Waals surface area contributed by atoms with Crippen molar-refractivity contribution in [2.45, 2.75) is 18.6 Å². The molecule has 0 fully saturated rings. The van der Waals surface area contributed by atoms with E-state index >= 15 is 0 Å². The summed E-state index contributed by atoms with van der Waals surface area (Å²) in [6.45, 7) is 4.52. The van der Waals surface area contributed by atoms with E-state index in [1.807, 2.05) is 6.26 Å². The molecule has 0 saturated carbocycles. The van der Waals surface area contributed by atoms with Gasteiger partial charge in [0, 0.05) is 47.1 Å². The highest BCUT2D eigenvalue weighted by Crippen LogP contribution is 2.37. The maximum atomic E-state index is 14.7. The van der Waals surface area contributed by atoms with Crippen LogP contribution in [0, 0.1) is 5.82 Å². The zero-order valence-corrected chi connectivity index (χ0v) is 22.3. The van der Waals surface area contributed by atoms with Gasteiger partial charge in [-0.3, -0.25) is 4.79 Å². The molecule has 10 heteroatoms. The number of aromatic amines is 2. The minimum absolute atomic E-state index is 0.0405. The quantitative estimate of drug-likeness (QED) is 0.169. The number of hydrogen-bond acceptors (Lipinski definition) is 5. The van der Waals surface area contributed by atoms with Gasteiger partial charge in [0.05, 0.1) is 18.3 Å². The van der Waals surface area contributed by atoms with E-state index in [4.69, 9.17) is 0 Å². The lowest BCUT2D eigenvalue weighted by Gasteiger charge is -2.09. The number of carbonyl (C=O) groups is 2. The fourth-order valence-electron chi connectivity index (χ4n) is 4.06. The first-order valence-corrected chi connectivity index (χ1v) is 13.7. The molecule has 194 valence electrons. The number of fused-ring (bicyclic) bond motifs is 1. The normalized spacial score (nSPS) is 10.6. The number of thioether (sulfide) groups is 1. The number of halogens is 1. The van der Waals surface area contributed by atoms with Gasteiger partial charge in [0.15, 0.2) is 0 Å². The fourth-order valence-corrected chi connectivity index (χ4v) is 4.60. The summed E-state index contributed by atoms with van der Waals surface area (Å²) in [5.41, 5.74) is 4.04. The molecule has 7 nitrogen and oxygen atoms in total. The number of nitrogens with zero attached hydrogens (tertiary/aromatic N) is 1. The zero-order chi connectivity index (χ0) is 26.9. The standard InChI is InChI=1S/C26H25FN4O3S.CH4S/c1-15(10-22(32)29-9-8-18-12-28-14-30-18)19-4-3-5-20-23(25(26(33)34)31-24(19)20)16-6-7-17(13-35-2)21(27)11-16;1-2/h3-7,11-12,14,31H,1,8-10,13H2,2H3,(H,28,30)(H,29,32)(H,33,34);2H,1H3. The van der Waals surface area contributed by atoms with Crippen LogP contribution in [0.4, 0.5) is 4.39 Å². The van der Waals surface area contributed by atoms with Crippen LogP contribution in [0.25, 0.3) is 27.6 Å². The smallest absolute Gasteiger partial charge is 0.352 e. The Labute approximate surface area is 224 Å². The number of carboxylic acid groups (broad SMARTS) is 1. The Kier molecular flexibility index (Phi) is 9.99. The number of benzene rings is 2. The number of para-hydroxylation sites is 1. The third kappa shape index (κ3) is 6.64. The number of aromatic nitrogens is 3. The molecular formula is C27H29FN4O3S2. The molecule has 2 heterocycles. The van der Waals surface area contributed by atoms with Crippen LogP contribution in [0.2, 0.25) is 0 Å². The summed E-state index contributed by atoms with van der Waals surface area (Å²) in [5, 5.41) is 13.3. The molecule has 0 unspecified atom stereocenters. The predicted octanol–water partition coefficient (Wildman–Crippen LogP) is 5.57. The molecule has 2 aromatic heterocycles. The van der Waals surface area contributed by atoms with Gasteiger partial charge in [-0.05, 0) is 35.3 Å². The van der Waals surface area contributed by atoms with E-state index in [1.165, 1.54) is 17.8 Å². The van der Waals surface area contributed by atoms with Gasteiger partial charge < -0.3 is 20.4 Å². The Morgan fingerprint density at radius 3 is 2.68 bits per heavy atom. The van der Waals surface area contributed by atoms with Crippen LogP contribution in [-0.2, 0) is 17.0 Å². The van der Waals surface area contributed by atoms with Gasteiger partial charge in [-0.2, -0.15) is 24.4 Å². The monoisotopic (exact) mass is 540 g/mol. The summed E-state index contributed by atoms with van der Waals surface area (Å²) in [6.07, 6.45) is 7.56. The molecular weight excluding hydrogens is 511 g/mol. The minimum Gasteiger partial charge on any atom is -0.477 e. The van der Waals surface area contributed by atoms with Gasteiger partial charge in [-0.15, -0.1) is 0 Å². The molecule has 4 rings (SSSR count).